The molecule has 0 radical (unpaired) electrons. The summed E-state index contributed by atoms with van der Waals surface area (Å²) >= 11 is 5.73. The van der Waals surface area contributed by atoms with E-state index in [9.17, 15) is 18.0 Å². The van der Waals surface area contributed by atoms with E-state index in [0.29, 0.717) is 10.6 Å². The molecule has 0 aliphatic rings. The zero-order valence-corrected chi connectivity index (χ0v) is 13.7. The van der Waals surface area contributed by atoms with Crippen LogP contribution in [0.4, 0.5) is 0 Å². The van der Waals surface area contributed by atoms with Crippen molar-refractivity contribution in [2.24, 2.45) is 0 Å². The Kier molecular flexibility index (Phi) is 5.18. The van der Waals surface area contributed by atoms with E-state index < -0.39 is 22.4 Å². The number of rotatable bonds is 5. The number of carbonyl (C=O) groups excluding carboxylic acids is 2. The molecule has 0 saturated carbocycles. The minimum Gasteiger partial charge on any atom is -0.454 e. The lowest BCUT2D eigenvalue weighted by molar-refractivity contribution is 0.0474. The SMILES string of the molecule is CS(=O)(=O)c1ccc(C(=O)OCC(=O)c2ccc(Cl)cc2)cc1. The molecular weight excluding hydrogens is 340 g/mol. The molecule has 23 heavy (non-hydrogen) atoms. The Morgan fingerprint density at radius 1 is 0.957 bits per heavy atom. The van der Waals surface area contributed by atoms with Gasteiger partial charge in [0, 0.05) is 16.8 Å². The summed E-state index contributed by atoms with van der Waals surface area (Å²) in [6, 6.07) is 11.5. The smallest absolute Gasteiger partial charge is 0.338 e. The average molecular weight is 353 g/mol. The van der Waals surface area contributed by atoms with Crippen molar-refractivity contribution >= 4 is 33.2 Å². The molecule has 120 valence electrons. The third-order valence-electron chi connectivity index (χ3n) is 3.02. The summed E-state index contributed by atoms with van der Waals surface area (Å²) in [5, 5.41) is 0.504. The van der Waals surface area contributed by atoms with Crippen molar-refractivity contribution < 1.29 is 22.7 Å². The fourth-order valence-corrected chi connectivity index (χ4v) is 2.53. The number of benzene rings is 2. The molecule has 0 aliphatic carbocycles. The van der Waals surface area contributed by atoms with E-state index in [1.54, 1.807) is 24.3 Å². The van der Waals surface area contributed by atoms with Crippen molar-refractivity contribution in [3.8, 4) is 0 Å². The summed E-state index contributed by atoms with van der Waals surface area (Å²) in [7, 11) is -3.33. The first kappa shape index (κ1) is 17.2. The number of ketones is 1. The highest BCUT2D eigenvalue weighted by Crippen LogP contribution is 2.12. The molecule has 0 saturated heterocycles. The van der Waals surface area contributed by atoms with Gasteiger partial charge in [0.1, 0.15) is 0 Å². The van der Waals surface area contributed by atoms with E-state index in [2.05, 4.69) is 0 Å². The number of Topliss-reactive ketones (excluding diaryl/α,β-unsaturated/α-hetero) is 1. The highest BCUT2D eigenvalue weighted by atomic mass is 35.5. The van der Waals surface area contributed by atoms with E-state index in [1.807, 2.05) is 0 Å². The molecule has 0 N–H and O–H groups in total. The van der Waals surface area contributed by atoms with Gasteiger partial charge in [0.15, 0.2) is 22.2 Å². The Balaban J connectivity index is 1.99. The predicted octanol–water partition coefficient (Wildman–Crippen LogP) is 2.78. The number of halogens is 1. The fourth-order valence-electron chi connectivity index (χ4n) is 1.77. The number of esters is 1. The van der Waals surface area contributed by atoms with Gasteiger partial charge in [-0.15, -0.1) is 0 Å². The second-order valence-corrected chi connectivity index (χ2v) is 7.25. The summed E-state index contributed by atoms with van der Waals surface area (Å²) < 4.78 is 27.6. The van der Waals surface area contributed by atoms with Gasteiger partial charge in [0.2, 0.25) is 0 Å². The maximum absolute atomic E-state index is 11.9. The van der Waals surface area contributed by atoms with Crippen molar-refractivity contribution in [3.05, 3.63) is 64.7 Å². The third kappa shape index (κ3) is 4.64. The Bertz CT molecular complexity index is 824. The minimum atomic E-state index is -3.33. The van der Waals surface area contributed by atoms with E-state index in [1.165, 1.54) is 24.3 Å². The van der Waals surface area contributed by atoms with Crippen molar-refractivity contribution in [3.63, 3.8) is 0 Å². The second kappa shape index (κ2) is 6.93. The molecule has 7 heteroatoms. The van der Waals surface area contributed by atoms with E-state index in [-0.39, 0.29) is 16.2 Å². The zero-order valence-electron chi connectivity index (χ0n) is 12.2. The number of hydrogen-bond acceptors (Lipinski definition) is 5. The Morgan fingerprint density at radius 3 is 2.00 bits per heavy atom. The molecule has 2 aromatic carbocycles. The fraction of sp³-hybridized carbons (Fsp3) is 0.125. The summed E-state index contributed by atoms with van der Waals surface area (Å²) in [4.78, 5) is 23.8. The Hall–Kier alpha value is -2.18. The van der Waals surface area contributed by atoms with Crippen molar-refractivity contribution in [1.29, 1.82) is 0 Å². The van der Waals surface area contributed by atoms with Crippen LogP contribution in [0.1, 0.15) is 20.7 Å². The van der Waals surface area contributed by atoms with Gasteiger partial charge in [-0.25, -0.2) is 13.2 Å². The number of ether oxygens (including phenoxy) is 1. The second-order valence-electron chi connectivity index (χ2n) is 4.80. The lowest BCUT2D eigenvalue weighted by Crippen LogP contribution is -2.14. The van der Waals surface area contributed by atoms with Gasteiger partial charge in [-0.3, -0.25) is 4.79 Å². The quantitative estimate of drug-likeness (QED) is 0.610. The summed E-state index contributed by atoms with van der Waals surface area (Å²) in [5.41, 5.74) is 0.552. The van der Waals surface area contributed by atoms with Crippen LogP contribution in [-0.4, -0.2) is 33.0 Å². The van der Waals surface area contributed by atoms with E-state index >= 15 is 0 Å². The Morgan fingerprint density at radius 2 is 1.48 bits per heavy atom. The van der Waals surface area contributed by atoms with Gasteiger partial charge in [-0.1, -0.05) is 11.6 Å². The molecule has 0 unspecified atom stereocenters. The van der Waals surface area contributed by atoms with Crippen LogP contribution in [0.3, 0.4) is 0 Å². The van der Waals surface area contributed by atoms with Crippen LogP contribution in [0.25, 0.3) is 0 Å². The standard InChI is InChI=1S/C16H13ClO5S/c1-23(20,21)14-8-4-12(5-9-14)16(19)22-10-15(18)11-2-6-13(17)7-3-11/h2-9H,10H2,1H3. The zero-order chi connectivity index (χ0) is 17.0. The number of sulfone groups is 1. The van der Waals surface area contributed by atoms with Crippen LogP contribution in [0.5, 0.6) is 0 Å². The highest BCUT2D eigenvalue weighted by molar-refractivity contribution is 7.90. The normalized spacial score (nSPS) is 11.0. The predicted molar refractivity (Wildman–Crippen MR) is 85.6 cm³/mol. The number of carbonyl (C=O) groups is 2. The van der Waals surface area contributed by atoms with Crippen LogP contribution in [0.15, 0.2) is 53.4 Å². The van der Waals surface area contributed by atoms with Gasteiger partial charge in [-0.2, -0.15) is 0 Å². The molecule has 0 atom stereocenters. The first-order valence-electron chi connectivity index (χ1n) is 6.53. The lowest BCUT2D eigenvalue weighted by Gasteiger charge is -2.05. The largest absolute Gasteiger partial charge is 0.454 e. The van der Waals surface area contributed by atoms with Crippen LogP contribution in [0.2, 0.25) is 5.02 Å². The van der Waals surface area contributed by atoms with Crippen LogP contribution < -0.4 is 0 Å². The molecular formula is C16H13ClO5S. The van der Waals surface area contributed by atoms with Crippen LogP contribution in [0, 0.1) is 0 Å². The topological polar surface area (TPSA) is 77.5 Å². The first-order valence-corrected chi connectivity index (χ1v) is 8.80. The third-order valence-corrected chi connectivity index (χ3v) is 4.40. The van der Waals surface area contributed by atoms with Gasteiger partial charge in [0.05, 0.1) is 10.5 Å². The van der Waals surface area contributed by atoms with Gasteiger partial charge >= 0.3 is 5.97 Å². The van der Waals surface area contributed by atoms with Gasteiger partial charge in [-0.05, 0) is 48.5 Å². The molecule has 2 aromatic rings. The Labute approximate surface area is 138 Å². The molecule has 0 aliphatic heterocycles. The molecule has 0 heterocycles. The monoisotopic (exact) mass is 352 g/mol. The lowest BCUT2D eigenvalue weighted by atomic mass is 10.1. The first-order chi connectivity index (χ1) is 10.8. The van der Waals surface area contributed by atoms with E-state index in [4.69, 9.17) is 16.3 Å². The molecule has 0 aromatic heterocycles. The summed E-state index contributed by atoms with van der Waals surface area (Å²) in [6.07, 6.45) is 1.07. The minimum absolute atomic E-state index is 0.103. The van der Waals surface area contributed by atoms with Crippen molar-refractivity contribution in [2.75, 3.05) is 12.9 Å². The van der Waals surface area contributed by atoms with Crippen molar-refractivity contribution in [1.82, 2.24) is 0 Å². The maximum atomic E-state index is 11.9. The average Bonchev–Trinajstić information content (AvgIpc) is 2.52. The number of hydrogen-bond donors (Lipinski definition) is 0. The molecule has 0 amide bonds. The maximum Gasteiger partial charge on any atom is 0.338 e. The summed E-state index contributed by atoms with van der Waals surface area (Å²) in [5.74, 6) is -1.06. The molecule has 2 rings (SSSR count). The van der Waals surface area contributed by atoms with Gasteiger partial charge < -0.3 is 4.74 Å². The highest BCUT2D eigenvalue weighted by Gasteiger charge is 2.13. The van der Waals surface area contributed by atoms with Crippen molar-refractivity contribution in [2.45, 2.75) is 4.90 Å². The van der Waals surface area contributed by atoms with Gasteiger partial charge in [0.25, 0.3) is 0 Å². The molecule has 0 fully saturated rings. The summed E-state index contributed by atoms with van der Waals surface area (Å²) in [6.45, 7) is -0.408. The molecule has 0 spiro atoms. The van der Waals surface area contributed by atoms with Crippen LogP contribution in [-0.2, 0) is 14.6 Å². The molecule has 5 nitrogen and oxygen atoms in total. The van der Waals surface area contributed by atoms with E-state index in [0.717, 1.165) is 6.26 Å². The molecule has 0 bridgehead atoms. The van der Waals surface area contributed by atoms with Crippen LogP contribution >= 0.6 is 11.6 Å².